The van der Waals surface area contributed by atoms with Gasteiger partial charge in [0.1, 0.15) is 0 Å². The average Bonchev–Trinajstić information content (AvgIpc) is 2.61. The van der Waals surface area contributed by atoms with Crippen LogP contribution in [0.5, 0.6) is 0 Å². The van der Waals surface area contributed by atoms with Gasteiger partial charge in [0.25, 0.3) is 5.91 Å². The predicted octanol–water partition coefficient (Wildman–Crippen LogP) is 2.43. The molecule has 1 fully saturated rings. The van der Waals surface area contributed by atoms with Gasteiger partial charge in [0.2, 0.25) is 0 Å². The fourth-order valence-electron chi connectivity index (χ4n) is 3.31. The summed E-state index contributed by atoms with van der Waals surface area (Å²) >= 11 is 0. The van der Waals surface area contributed by atoms with Crippen molar-refractivity contribution in [3.05, 3.63) is 60.2 Å². The molecule has 4 heteroatoms. The molecule has 0 unspecified atom stereocenters. The third-order valence-electron chi connectivity index (χ3n) is 4.66. The molecule has 1 atom stereocenters. The van der Waals surface area contributed by atoms with Gasteiger partial charge in [-0.15, -0.1) is 0 Å². The molecule has 1 saturated heterocycles. The second kappa shape index (κ2) is 7.16. The lowest BCUT2D eigenvalue weighted by molar-refractivity contribution is -0.154. The zero-order chi connectivity index (χ0) is 17.0. The van der Waals surface area contributed by atoms with Crippen LogP contribution >= 0.6 is 0 Å². The summed E-state index contributed by atoms with van der Waals surface area (Å²) in [5.74, 6) is -0.183. The van der Waals surface area contributed by atoms with Crippen molar-refractivity contribution in [3.8, 4) is 11.1 Å². The number of aliphatic hydroxyl groups is 1. The molecule has 0 aromatic heterocycles. The maximum Gasteiger partial charge on any atom is 0.255 e. The number of carbonyl (C=O) groups excluding carboxylic acids is 1. The standard InChI is InChI=1S/C20H24N2O2/c1-22-13-7-12-20(24,19(22)23)15-21-14-17-10-5-6-11-18(17)16-8-3-2-4-9-16/h2-6,8-11,21,24H,7,12-15H2,1H3/t20-/m0/s1. The van der Waals surface area contributed by atoms with Crippen LogP contribution in [0.1, 0.15) is 18.4 Å². The van der Waals surface area contributed by atoms with E-state index < -0.39 is 5.60 Å². The highest BCUT2D eigenvalue weighted by atomic mass is 16.3. The summed E-state index contributed by atoms with van der Waals surface area (Å²) < 4.78 is 0. The highest BCUT2D eigenvalue weighted by Crippen LogP contribution is 2.24. The Hall–Kier alpha value is -2.17. The van der Waals surface area contributed by atoms with Crippen LogP contribution in [0, 0.1) is 0 Å². The van der Waals surface area contributed by atoms with Crippen LogP contribution in [0.4, 0.5) is 0 Å². The van der Waals surface area contributed by atoms with E-state index in [0.29, 0.717) is 13.0 Å². The van der Waals surface area contributed by atoms with Crippen molar-refractivity contribution in [3.63, 3.8) is 0 Å². The normalized spacial score (nSPS) is 21.1. The van der Waals surface area contributed by atoms with E-state index in [1.54, 1.807) is 11.9 Å². The summed E-state index contributed by atoms with van der Waals surface area (Å²) in [5.41, 5.74) is 2.21. The maximum atomic E-state index is 12.2. The first-order valence-corrected chi connectivity index (χ1v) is 8.42. The van der Waals surface area contributed by atoms with Gasteiger partial charge in [-0.25, -0.2) is 0 Å². The van der Waals surface area contributed by atoms with Gasteiger partial charge in [-0.1, -0.05) is 54.6 Å². The van der Waals surface area contributed by atoms with Gasteiger partial charge >= 0.3 is 0 Å². The van der Waals surface area contributed by atoms with Crippen LogP contribution in [0.25, 0.3) is 11.1 Å². The Labute approximate surface area is 143 Å². The molecule has 0 aliphatic carbocycles. The molecule has 2 aromatic rings. The lowest BCUT2D eigenvalue weighted by Gasteiger charge is -2.36. The Kier molecular flexibility index (Phi) is 4.97. The van der Waals surface area contributed by atoms with Crippen LogP contribution < -0.4 is 5.32 Å². The highest BCUT2D eigenvalue weighted by Gasteiger charge is 2.40. The minimum Gasteiger partial charge on any atom is -0.379 e. The Morgan fingerprint density at radius 3 is 2.62 bits per heavy atom. The number of benzene rings is 2. The van der Waals surface area contributed by atoms with E-state index in [2.05, 4.69) is 29.6 Å². The lowest BCUT2D eigenvalue weighted by Crippen LogP contribution is -2.56. The first-order chi connectivity index (χ1) is 11.6. The molecule has 1 aliphatic rings. The molecule has 0 saturated carbocycles. The van der Waals surface area contributed by atoms with Crippen LogP contribution in [0.2, 0.25) is 0 Å². The van der Waals surface area contributed by atoms with Gasteiger partial charge in [-0.05, 0) is 29.5 Å². The monoisotopic (exact) mass is 324 g/mol. The summed E-state index contributed by atoms with van der Waals surface area (Å²) in [6, 6.07) is 18.5. The number of nitrogens with one attached hydrogen (secondary N) is 1. The van der Waals surface area contributed by atoms with Gasteiger partial charge in [-0.3, -0.25) is 4.79 Å². The quantitative estimate of drug-likeness (QED) is 0.888. The van der Waals surface area contributed by atoms with Crippen molar-refractivity contribution >= 4 is 5.91 Å². The van der Waals surface area contributed by atoms with E-state index in [1.807, 2.05) is 30.3 Å². The molecule has 2 aromatic carbocycles. The molecule has 1 heterocycles. The topological polar surface area (TPSA) is 52.6 Å². The summed E-state index contributed by atoms with van der Waals surface area (Å²) in [7, 11) is 1.75. The molecule has 4 nitrogen and oxygen atoms in total. The molecule has 2 N–H and O–H groups in total. The largest absolute Gasteiger partial charge is 0.379 e. The van der Waals surface area contributed by atoms with Crippen molar-refractivity contribution in [2.45, 2.75) is 25.0 Å². The van der Waals surface area contributed by atoms with Gasteiger partial charge < -0.3 is 15.3 Å². The molecule has 1 amide bonds. The molecular formula is C20H24N2O2. The third-order valence-corrected chi connectivity index (χ3v) is 4.66. The van der Waals surface area contributed by atoms with Crippen molar-refractivity contribution in [1.82, 2.24) is 10.2 Å². The molecule has 24 heavy (non-hydrogen) atoms. The molecule has 1 aliphatic heterocycles. The number of rotatable bonds is 5. The number of amides is 1. The average molecular weight is 324 g/mol. The van der Waals surface area contributed by atoms with E-state index in [1.165, 1.54) is 11.1 Å². The zero-order valence-corrected chi connectivity index (χ0v) is 14.0. The van der Waals surface area contributed by atoms with Crippen molar-refractivity contribution < 1.29 is 9.90 Å². The van der Waals surface area contributed by atoms with E-state index >= 15 is 0 Å². The van der Waals surface area contributed by atoms with Crippen molar-refractivity contribution in [2.75, 3.05) is 20.1 Å². The number of piperidine rings is 1. The summed E-state index contributed by atoms with van der Waals surface area (Å²) in [6.45, 7) is 1.61. The van der Waals surface area contributed by atoms with Crippen LogP contribution in [-0.4, -0.2) is 41.7 Å². The minimum absolute atomic E-state index is 0.183. The number of hydrogen-bond acceptors (Lipinski definition) is 3. The molecular weight excluding hydrogens is 300 g/mol. The van der Waals surface area contributed by atoms with Crippen LogP contribution in [0.3, 0.4) is 0 Å². The fourth-order valence-corrected chi connectivity index (χ4v) is 3.31. The predicted molar refractivity (Wildman–Crippen MR) is 95.4 cm³/mol. The van der Waals surface area contributed by atoms with Gasteiger partial charge in [0, 0.05) is 26.7 Å². The molecule has 126 valence electrons. The molecule has 0 bridgehead atoms. The first-order valence-electron chi connectivity index (χ1n) is 8.42. The van der Waals surface area contributed by atoms with E-state index in [-0.39, 0.29) is 12.5 Å². The number of nitrogens with zero attached hydrogens (tertiary/aromatic N) is 1. The minimum atomic E-state index is -1.28. The number of carbonyl (C=O) groups is 1. The van der Waals surface area contributed by atoms with Crippen LogP contribution in [-0.2, 0) is 11.3 Å². The van der Waals surface area contributed by atoms with Crippen molar-refractivity contribution in [2.24, 2.45) is 0 Å². The zero-order valence-electron chi connectivity index (χ0n) is 14.0. The summed E-state index contributed by atoms with van der Waals surface area (Å²) in [4.78, 5) is 13.8. The number of hydrogen-bond donors (Lipinski definition) is 2. The van der Waals surface area contributed by atoms with Gasteiger partial charge in [0.15, 0.2) is 5.60 Å². The second-order valence-corrected chi connectivity index (χ2v) is 6.49. The number of likely N-dealkylation sites (tertiary alicyclic amines) is 1. The Morgan fingerprint density at radius 2 is 1.83 bits per heavy atom. The molecule has 0 radical (unpaired) electrons. The van der Waals surface area contributed by atoms with E-state index in [4.69, 9.17) is 0 Å². The van der Waals surface area contributed by atoms with Gasteiger partial charge in [-0.2, -0.15) is 0 Å². The van der Waals surface area contributed by atoms with Gasteiger partial charge in [0.05, 0.1) is 0 Å². The molecule has 3 rings (SSSR count). The Morgan fingerprint density at radius 1 is 1.12 bits per heavy atom. The van der Waals surface area contributed by atoms with Crippen LogP contribution in [0.15, 0.2) is 54.6 Å². The smallest absolute Gasteiger partial charge is 0.255 e. The highest BCUT2D eigenvalue weighted by molar-refractivity contribution is 5.85. The lowest BCUT2D eigenvalue weighted by atomic mass is 9.92. The Balaban J connectivity index is 1.69. The fraction of sp³-hybridized carbons (Fsp3) is 0.350. The summed E-state index contributed by atoms with van der Waals surface area (Å²) in [5, 5.41) is 13.9. The van der Waals surface area contributed by atoms with E-state index in [0.717, 1.165) is 18.5 Å². The number of likely N-dealkylation sites (N-methyl/N-ethyl adjacent to an activating group) is 1. The summed E-state index contributed by atoms with van der Waals surface area (Å²) in [6.07, 6.45) is 1.35. The SMILES string of the molecule is CN1CCC[C@](O)(CNCc2ccccc2-c2ccccc2)C1=O. The maximum absolute atomic E-state index is 12.2. The third kappa shape index (κ3) is 3.50. The second-order valence-electron chi connectivity index (χ2n) is 6.49. The van der Waals surface area contributed by atoms with E-state index in [9.17, 15) is 9.90 Å². The first kappa shape index (κ1) is 16.7. The Bertz CT molecular complexity index is 702. The molecule has 0 spiro atoms. The van der Waals surface area contributed by atoms with Crippen molar-refractivity contribution in [1.29, 1.82) is 0 Å².